The summed E-state index contributed by atoms with van der Waals surface area (Å²) in [4.78, 5) is -0.990. The Morgan fingerprint density at radius 1 is 1.08 bits per heavy atom. The Morgan fingerprint density at radius 3 is 2.00 bits per heavy atom. The highest BCUT2D eigenvalue weighted by Crippen LogP contribution is 2.42. The zero-order valence-corrected chi connectivity index (χ0v) is 7.51. The lowest BCUT2D eigenvalue weighted by molar-refractivity contribution is -0.143. The van der Waals surface area contributed by atoms with Gasteiger partial charge in [-0.05, 0) is 12.8 Å². The van der Waals surface area contributed by atoms with Crippen molar-refractivity contribution in [2.45, 2.75) is 49.6 Å². The molecule has 1 aliphatic carbocycles. The summed E-state index contributed by atoms with van der Waals surface area (Å²) in [5.41, 5.74) is 0. The molecule has 1 aliphatic rings. The van der Waals surface area contributed by atoms with Gasteiger partial charge in [-0.2, -0.15) is 13.2 Å². The molecular weight excluding hydrogens is 189 g/mol. The van der Waals surface area contributed by atoms with Gasteiger partial charge in [0, 0.05) is 0 Å². The first-order chi connectivity index (χ1) is 5.41. The van der Waals surface area contributed by atoms with E-state index in [1.807, 2.05) is 0 Å². The van der Waals surface area contributed by atoms with Crippen LogP contribution in [-0.2, 0) is 0 Å². The van der Waals surface area contributed by atoms with Gasteiger partial charge in [-0.25, -0.2) is 0 Å². The largest absolute Gasteiger partial charge is 0.390 e. The smallest absolute Gasteiger partial charge is 0.171 e. The van der Waals surface area contributed by atoms with E-state index in [1.54, 1.807) is 0 Å². The van der Waals surface area contributed by atoms with Crippen molar-refractivity contribution in [1.29, 1.82) is 0 Å². The number of halogens is 4. The molecule has 0 nitrogen and oxygen atoms in total. The van der Waals surface area contributed by atoms with Crippen LogP contribution in [0.25, 0.3) is 0 Å². The highest BCUT2D eigenvalue weighted by atomic mass is 35.5. The predicted molar refractivity (Wildman–Crippen MR) is 42.3 cm³/mol. The molecule has 1 fully saturated rings. The zero-order valence-electron chi connectivity index (χ0n) is 6.75. The van der Waals surface area contributed by atoms with E-state index < -0.39 is 17.5 Å². The number of hydrogen-bond acceptors (Lipinski definition) is 0. The third-order valence-electron chi connectivity index (χ3n) is 2.27. The molecule has 0 heterocycles. The van der Waals surface area contributed by atoms with Gasteiger partial charge in [0.1, 0.15) is 0 Å². The fourth-order valence-electron chi connectivity index (χ4n) is 1.72. The van der Waals surface area contributed by atoms with Crippen LogP contribution in [0.5, 0.6) is 0 Å². The topological polar surface area (TPSA) is 0 Å². The summed E-state index contributed by atoms with van der Waals surface area (Å²) in [6.45, 7) is 0. The third-order valence-corrected chi connectivity index (χ3v) is 2.78. The fraction of sp³-hybridized carbons (Fsp3) is 1.00. The van der Waals surface area contributed by atoms with Gasteiger partial charge in [-0.15, -0.1) is 11.6 Å². The van der Waals surface area contributed by atoms with Crippen molar-refractivity contribution in [3.05, 3.63) is 0 Å². The second kappa shape index (κ2) is 3.44. The first kappa shape index (κ1) is 10.2. The van der Waals surface area contributed by atoms with Crippen LogP contribution < -0.4 is 0 Å². The van der Waals surface area contributed by atoms with E-state index in [-0.39, 0.29) is 0 Å². The summed E-state index contributed by atoms with van der Waals surface area (Å²) in [5.74, 6) is 0. The van der Waals surface area contributed by atoms with Crippen molar-refractivity contribution in [1.82, 2.24) is 0 Å². The van der Waals surface area contributed by atoms with Crippen molar-refractivity contribution < 1.29 is 13.2 Å². The maximum Gasteiger partial charge on any atom is 0.390 e. The molecular formula is C8H12ClF3. The van der Waals surface area contributed by atoms with Crippen molar-refractivity contribution in [3.8, 4) is 0 Å². The molecule has 0 saturated heterocycles. The molecule has 0 radical (unpaired) electrons. The van der Waals surface area contributed by atoms with Gasteiger partial charge in [0.2, 0.25) is 0 Å². The molecule has 1 saturated carbocycles. The highest BCUT2D eigenvalue weighted by Gasteiger charge is 2.41. The van der Waals surface area contributed by atoms with Crippen molar-refractivity contribution >= 4 is 11.6 Å². The van der Waals surface area contributed by atoms with E-state index in [1.165, 1.54) is 0 Å². The number of hydrogen-bond donors (Lipinski definition) is 0. The number of rotatable bonds is 1. The Morgan fingerprint density at radius 2 is 1.58 bits per heavy atom. The molecule has 0 amide bonds. The Kier molecular flexibility index (Phi) is 2.92. The Bertz CT molecular complexity index is 147. The van der Waals surface area contributed by atoms with Gasteiger partial charge in [-0.3, -0.25) is 0 Å². The SMILES string of the molecule is FC(F)(F)CC1(Cl)CCCCC1. The summed E-state index contributed by atoms with van der Waals surface area (Å²) in [6, 6.07) is 0. The Hall–Kier alpha value is 0.0800. The van der Waals surface area contributed by atoms with Gasteiger partial charge in [0.05, 0.1) is 11.3 Å². The minimum Gasteiger partial charge on any atom is -0.171 e. The lowest BCUT2D eigenvalue weighted by atomic mass is 9.86. The molecule has 0 bridgehead atoms. The summed E-state index contributed by atoms with van der Waals surface area (Å²) < 4.78 is 36.0. The molecule has 12 heavy (non-hydrogen) atoms. The van der Waals surface area contributed by atoms with E-state index >= 15 is 0 Å². The summed E-state index contributed by atoms with van der Waals surface area (Å²) in [6.07, 6.45) is -1.24. The zero-order chi connectivity index (χ0) is 9.24. The van der Waals surface area contributed by atoms with Crippen LogP contribution in [0, 0.1) is 0 Å². The molecule has 0 aromatic heterocycles. The Balaban J connectivity index is 2.47. The maximum absolute atomic E-state index is 12.0. The van der Waals surface area contributed by atoms with Crippen LogP contribution >= 0.6 is 11.6 Å². The first-order valence-corrected chi connectivity index (χ1v) is 4.55. The molecule has 4 heteroatoms. The van der Waals surface area contributed by atoms with Crippen LogP contribution in [-0.4, -0.2) is 11.1 Å². The number of alkyl halides is 4. The molecule has 0 spiro atoms. The van der Waals surface area contributed by atoms with Crippen molar-refractivity contribution in [2.75, 3.05) is 0 Å². The average molecular weight is 201 g/mol. The quantitative estimate of drug-likeness (QED) is 0.564. The molecule has 1 rings (SSSR count). The Labute approximate surface area is 75.1 Å². The van der Waals surface area contributed by atoms with E-state index in [0.29, 0.717) is 12.8 Å². The molecule has 0 aliphatic heterocycles. The van der Waals surface area contributed by atoms with E-state index in [2.05, 4.69) is 0 Å². The van der Waals surface area contributed by atoms with Gasteiger partial charge < -0.3 is 0 Å². The van der Waals surface area contributed by atoms with Gasteiger partial charge in [-0.1, -0.05) is 19.3 Å². The molecule has 0 atom stereocenters. The van der Waals surface area contributed by atoms with Crippen molar-refractivity contribution in [2.24, 2.45) is 0 Å². The van der Waals surface area contributed by atoms with E-state index in [4.69, 9.17) is 11.6 Å². The minimum absolute atomic E-state index is 0.508. The van der Waals surface area contributed by atoms with Gasteiger partial charge in [0.15, 0.2) is 0 Å². The van der Waals surface area contributed by atoms with Crippen molar-refractivity contribution in [3.63, 3.8) is 0 Å². The molecule has 0 aromatic rings. The average Bonchev–Trinajstić information content (AvgIpc) is 1.83. The lowest BCUT2D eigenvalue weighted by Gasteiger charge is -2.31. The summed E-state index contributed by atoms with van der Waals surface area (Å²) in [7, 11) is 0. The van der Waals surface area contributed by atoms with Crippen LogP contribution in [0.2, 0.25) is 0 Å². The third kappa shape index (κ3) is 3.21. The minimum atomic E-state index is -4.11. The highest BCUT2D eigenvalue weighted by molar-refractivity contribution is 6.24. The molecule has 0 unspecified atom stereocenters. The molecule has 0 N–H and O–H groups in total. The van der Waals surface area contributed by atoms with Crippen LogP contribution in [0.4, 0.5) is 13.2 Å². The molecule has 72 valence electrons. The fourth-order valence-corrected chi connectivity index (χ4v) is 2.14. The monoisotopic (exact) mass is 200 g/mol. The van der Waals surface area contributed by atoms with Crippen LogP contribution in [0.3, 0.4) is 0 Å². The van der Waals surface area contributed by atoms with Gasteiger partial charge >= 0.3 is 6.18 Å². The normalized spacial score (nSPS) is 24.0. The van der Waals surface area contributed by atoms with Gasteiger partial charge in [0.25, 0.3) is 0 Å². The van der Waals surface area contributed by atoms with Crippen LogP contribution in [0.15, 0.2) is 0 Å². The van der Waals surface area contributed by atoms with E-state index in [9.17, 15) is 13.2 Å². The standard InChI is InChI=1S/C8H12ClF3/c9-7(6-8(10,11)12)4-2-1-3-5-7/h1-6H2. The maximum atomic E-state index is 12.0. The molecule has 0 aromatic carbocycles. The second-order valence-corrected chi connectivity index (χ2v) is 4.31. The first-order valence-electron chi connectivity index (χ1n) is 4.17. The lowest BCUT2D eigenvalue weighted by Crippen LogP contribution is -2.31. The van der Waals surface area contributed by atoms with Crippen LogP contribution in [0.1, 0.15) is 38.5 Å². The second-order valence-electron chi connectivity index (χ2n) is 3.50. The van der Waals surface area contributed by atoms with E-state index in [0.717, 1.165) is 19.3 Å². The predicted octanol–water partition coefficient (Wildman–Crippen LogP) is 3.88. The summed E-state index contributed by atoms with van der Waals surface area (Å²) >= 11 is 5.84. The summed E-state index contributed by atoms with van der Waals surface area (Å²) in [5, 5.41) is 0.